The van der Waals surface area contributed by atoms with Crippen molar-refractivity contribution in [3.8, 4) is 0 Å². The van der Waals surface area contributed by atoms with E-state index < -0.39 is 0 Å². The molecule has 0 bridgehead atoms. The van der Waals surface area contributed by atoms with Crippen molar-refractivity contribution >= 4 is 28.7 Å². The highest BCUT2D eigenvalue weighted by atomic mass is 15.1. The third kappa shape index (κ3) is 5.26. The van der Waals surface area contributed by atoms with Gasteiger partial charge in [0.2, 0.25) is 0 Å². The topological polar surface area (TPSA) is 3.24 Å². The number of benzene rings is 5. The van der Waals surface area contributed by atoms with Crippen LogP contribution in [-0.2, 0) is 0 Å². The van der Waals surface area contributed by atoms with Gasteiger partial charge < -0.3 is 4.90 Å². The van der Waals surface area contributed by atoms with Crippen molar-refractivity contribution in [2.24, 2.45) is 0 Å². The van der Waals surface area contributed by atoms with Gasteiger partial charge in [-0.15, -0.1) is 0 Å². The number of rotatable bonds is 6. The summed E-state index contributed by atoms with van der Waals surface area (Å²) in [7, 11) is 0. The predicted molar refractivity (Wildman–Crippen MR) is 150 cm³/mol. The van der Waals surface area contributed by atoms with Crippen molar-refractivity contribution in [2.75, 3.05) is 4.90 Å². The maximum Gasteiger partial charge on any atom is 0.0462 e. The first kappa shape index (κ1) is 22.4. The zero-order valence-electron chi connectivity index (χ0n) is 20.2. The van der Waals surface area contributed by atoms with Gasteiger partial charge in [0.1, 0.15) is 0 Å². The number of nitrogens with zero attached hydrogens (tertiary/aromatic N) is 1. The second-order valence-electron chi connectivity index (χ2n) is 8.90. The minimum Gasteiger partial charge on any atom is -0.311 e. The summed E-state index contributed by atoms with van der Waals surface area (Å²) >= 11 is 0. The Labute approximate surface area is 208 Å². The van der Waals surface area contributed by atoms with Gasteiger partial charge in [0.05, 0.1) is 0 Å². The molecule has 0 aromatic heterocycles. The number of aryl methyl sites for hydroxylation is 2. The molecule has 0 aliphatic carbocycles. The quantitative estimate of drug-likeness (QED) is 0.232. The molecule has 1 heteroatoms. The first-order valence-corrected chi connectivity index (χ1v) is 12.0. The highest BCUT2D eigenvalue weighted by molar-refractivity contribution is 5.92. The van der Waals surface area contributed by atoms with E-state index in [1.165, 1.54) is 33.4 Å². The lowest BCUT2D eigenvalue weighted by atomic mass is 9.93. The smallest absolute Gasteiger partial charge is 0.0462 e. The molecule has 170 valence electrons. The first-order valence-electron chi connectivity index (χ1n) is 12.0. The van der Waals surface area contributed by atoms with Crippen LogP contribution in [0.5, 0.6) is 0 Å². The van der Waals surface area contributed by atoms with Crippen LogP contribution in [0.15, 0.2) is 133 Å². The molecule has 0 spiro atoms. The summed E-state index contributed by atoms with van der Waals surface area (Å²) in [6, 6.07) is 47.3. The molecule has 0 amide bonds. The molecule has 5 rings (SSSR count). The average molecular weight is 452 g/mol. The standard InChI is InChI=1S/C34H29N/c1-26-11-9-13-29(23-26)34(30-14-10-12-27(2)24-30)25-28-19-21-33(22-20-28)35(31-15-5-3-6-16-31)32-17-7-4-8-18-32/h3-25H,1-2H3. The normalized spacial score (nSPS) is 10.6. The van der Waals surface area contributed by atoms with Gasteiger partial charge >= 0.3 is 0 Å². The van der Waals surface area contributed by atoms with Gasteiger partial charge in [0.25, 0.3) is 0 Å². The Morgan fingerprint density at radius 2 is 0.943 bits per heavy atom. The Kier molecular flexibility index (Phi) is 6.59. The second kappa shape index (κ2) is 10.3. The maximum absolute atomic E-state index is 2.29. The van der Waals surface area contributed by atoms with Gasteiger partial charge in [-0.1, -0.05) is 108 Å². The van der Waals surface area contributed by atoms with Crippen molar-refractivity contribution in [3.63, 3.8) is 0 Å². The highest BCUT2D eigenvalue weighted by Gasteiger charge is 2.12. The largest absolute Gasteiger partial charge is 0.311 e. The van der Waals surface area contributed by atoms with Crippen molar-refractivity contribution in [2.45, 2.75) is 13.8 Å². The molecule has 0 fully saturated rings. The number of hydrogen-bond acceptors (Lipinski definition) is 1. The Hall–Kier alpha value is -4.36. The van der Waals surface area contributed by atoms with E-state index in [2.05, 4.69) is 158 Å². The number of hydrogen-bond donors (Lipinski definition) is 0. The van der Waals surface area contributed by atoms with E-state index in [0.29, 0.717) is 0 Å². The van der Waals surface area contributed by atoms with E-state index >= 15 is 0 Å². The zero-order valence-corrected chi connectivity index (χ0v) is 20.2. The predicted octanol–water partition coefficient (Wildman–Crippen LogP) is 9.36. The molecule has 0 atom stereocenters. The molecule has 0 unspecified atom stereocenters. The summed E-state index contributed by atoms with van der Waals surface area (Å²) < 4.78 is 0. The molecule has 0 aliphatic rings. The third-order valence-corrected chi connectivity index (χ3v) is 6.15. The molecule has 5 aromatic carbocycles. The van der Waals surface area contributed by atoms with Crippen LogP contribution in [0.25, 0.3) is 11.6 Å². The Bertz CT molecular complexity index is 1340. The van der Waals surface area contributed by atoms with E-state index in [1.807, 2.05) is 0 Å². The molecule has 0 heterocycles. The van der Waals surface area contributed by atoms with E-state index in [4.69, 9.17) is 0 Å². The van der Waals surface area contributed by atoms with Crippen LogP contribution in [-0.4, -0.2) is 0 Å². The lowest BCUT2D eigenvalue weighted by Crippen LogP contribution is -2.09. The fraction of sp³-hybridized carbons (Fsp3) is 0.0588. The highest BCUT2D eigenvalue weighted by Crippen LogP contribution is 2.35. The Balaban J connectivity index is 1.56. The molecule has 35 heavy (non-hydrogen) atoms. The second-order valence-corrected chi connectivity index (χ2v) is 8.90. The van der Waals surface area contributed by atoms with Crippen LogP contribution in [0.3, 0.4) is 0 Å². The summed E-state index contributed by atoms with van der Waals surface area (Å²) in [6.45, 7) is 4.29. The van der Waals surface area contributed by atoms with Crippen molar-refractivity contribution < 1.29 is 0 Å². The van der Waals surface area contributed by atoms with Gasteiger partial charge in [-0.25, -0.2) is 0 Å². The van der Waals surface area contributed by atoms with Crippen LogP contribution >= 0.6 is 0 Å². The van der Waals surface area contributed by atoms with E-state index in [0.717, 1.165) is 17.1 Å². The summed E-state index contributed by atoms with van der Waals surface area (Å²) in [5.41, 5.74) is 10.8. The fourth-order valence-electron chi connectivity index (χ4n) is 4.45. The fourth-order valence-corrected chi connectivity index (χ4v) is 4.45. The molecule has 0 N–H and O–H groups in total. The maximum atomic E-state index is 2.29. The van der Waals surface area contributed by atoms with Crippen molar-refractivity contribution in [1.29, 1.82) is 0 Å². The first-order chi connectivity index (χ1) is 17.2. The van der Waals surface area contributed by atoms with Gasteiger partial charge in [0.15, 0.2) is 0 Å². The summed E-state index contributed by atoms with van der Waals surface area (Å²) in [5.74, 6) is 0. The van der Waals surface area contributed by atoms with Crippen LogP contribution in [0, 0.1) is 13.8 Å². The monoisotopic (exact) mass is 451 g/mol. The molecule has 0 saturated heterocycles. The minimum atomic E-state index is 1.13. The Morgan fingerprint density at radius 1 is 0.486 bits per heavy atom. The Morgan fingerprint density at radius 3 is 1.40 bits per heavy atom. The minimum absolute atomic E-state index is 1.13. The lowest BCUT2D eigenvalue weighted by Gasteiger charge is -2.25. The van der Waals surface area contributed by atoms with Gasteiger partial charge in [-0.3, -0.25) is 0 Å². The molecule has 0 radical (unpaired) electrons. The molecule has 0 saturated carbocycles. The average Bonchev–Trinajstić information content (AvgIpc) is 2.89. The van der Waals surface area contributed by atoms with Gasteiger partial charge in [0, 0.05) is 17.1 Å². The third-order valence-electron chi connectivity index (χ3n) is 6.15. The lowest BCUT2D eigenvalue weighted by molar-refractivity contribution is 1.28. The van der Waals surface area contributed by atoms with Crippen LogP contribution in [0.2, 0.25) is 0 Å². The molecule has 1 nitrogen and oxygen atoms in total. The van der Waals surface area contributed by atoms with E-state index in [9.17, 15) is 0 Å². The summed E-state index contributed by atoms with van der Waals surface area (Å²) in [6.07, 6.45) is 2.29. The number of anilines is 3. The summed E-state index contributed by atoms with van der Waals surface area (Å²) in [5, 5.41) is 0. The van der Waals surface area contributed by atoms with Crippen molar-refractivity contribution in [1.82, 2.24) is 0 Å². The SMILES string of the molecule is Cc1cccc(C(=Cc2ccc(N(c3ccccc3)c3ccccc3)cc2)c2cccc(C)c2)c1. The number of para-hydroxylation sites is 2. The molecule has 0 aliphatic heterocycles. The molecular weight excluding hydrogens is 422 g/mol. The van der Waals surface area contributed by atoms with Crippen LogP contribution < -0.4 is 4.90 Å². The van der Waals surface area contributed by atoms with Gasteiger partial charge in [-0.05, 0) is 78.6 Å². The van der Waals surface area contributed by atoms with Crippen LogP contribution in [0.4, 0.5) is 17.1 Å². The molecule has 5 aromatic rings. The van der Waals surface area contributed by atoms with Gasteiger partial charge in [-0.2, -0.15) is 0 Å². The zero-order chi connectivity index (χ0) is 24.0. The van der Waals surface area contributed by atoms with Crippen LogP contribution in [0.1, 0.15) is 27.8 Å². The molecular formula is C34H29N. The summed E-state index contributed by atoms with van der Waals surface area (Å²) in [4.78, 5) is 2.29. The van der Waals surface area contributed by atoms with E-state index in [-0.39, 0.29) is 0 Å². The van der Waals surface area contributed by atoms with Crippen molar-refractivity contribution in [3.05, 3.63) is 161 Å². The van der Waals surface area contributed by atoms with E-state index in [1.54, 1.807) is 0 Å².